The summed E-state index contributed by atoms with van der Waals surface area (Å²) in [7, 11) is 0. The van der Waals surface area contributed by atoms with Gasteiger partial charge in [-0.3, -0.25) is 0 Å². The first-order valence-electron chi connectivity index (χ1n) is 5.54. The summed E-state index contributed by atoms with van der Waals surface area (Å²) in [5.41, 5.74) is 1.28. The van der Waals surface area contributed by atoms with E-state index in [9.17, 15) is 0 Å². The van der Waals surface area contributed by atoms with E-state index in [1.807, 2.05) is 39.5 Å². The third-order valence-electron chi connectivity index (χ3n) is 1.48. The molecule has 1 fully saturated rings. The Hall–Kier alpha value is -0.370. The summed E-state index contributed by atoms with van der Waals surface area (Å²) in [4.78, 5) is 1.37. The number of allylic oxidation sites excluding steroid dienone is 2. The van der Waals surface area contributed by atoms with Gasteiger partial charge in [0.25, 0.3) is 0 Å². The van der Waals surface area contributed by atoms with Crippen molar-refractivity contribution in [1.82, 2.24) is 5.32 Å². The molecular formula is C12H25NS. The lowest BCUT2D eigenvalue weighted by Crippen LogP contribution is -2.13. The first-order chi connectivity index (χ1) is 6.77. The van der Waals surface area contributed by atoms with Crippen LogP contribution in [0.4, 0.5) is 0 Å². The third kappa shape index (κ3) is 5.38. The van der Waals surface area contributed by atoms with Gasteiger partial charge in [0.2, 0.25) is 0 Å². The highest BCUT2D eigenvalue weighted by molar-refractivity contribution is 8.04. The largest absolute Gasteiger partial charge is 0.373 e. The number of hydrogen-bond acceptors (Lipinski definition) is 2. The van der Waals surface area contributed by atoms with E-state index in [1.165, 1.54) is 10.6 Å². The van der Waals surface area contributed by atoms with Crippen molar-refractivity contribution < 1.29 is 0 Å². The Morgan fingerprint density at radius 1 is 1.07 bits per heavy atom. The molecule has 0 aromatic rings. The summed E-state index contributed by atoms with van der Waals surface area (Å²) in [5.74, 6) is 0. The molecule has 1 N–H and O–H groups in total. The summed E-state index contributed by atoms with van der Waals surface area (Å²) in [6.07, 6.45) is 4.27. The summed E-state index contributed by atoms with van der Waals surface area (Å²) in [6, 6.07) is 0. The molecule has 0 amide bonds. The minimum Gasteiger partial charge on any atom is -0.373 e. The maximum absolute atomic E-state index is 3.36. The molecule has 1 aliphatic rings. The van der Waals surface area contributed by atoms with Crippen LogP contribution in [0.1, 0.15) is 48.5 Å². The summed E-state index contributed by atoms with van der Waals surface area (Å²) in [6.45, 7) is 14.3. The minimum atomic E-state index is 0.539. The smallest absolute Gasteiger partial charge is 0.0741 e. The van der Waals surface area contributed by atoms with Crippen LogP contribution in [0, 0.1) is 0 Å². The van der Waals surface area contributed by atoms with Gasteiger partial charge in [-0.1, -0.05) is 51.6 Å². The third-order valence-corrected chi connectivity index (χ3v) is 2.66. The molecule has 0 saturated carbocycles. The Labute approximate surface area is 94.1 Å². The van der Waals surface area contributed by atoms with Crippen molar-refractivity contribution in [1.29, 1.82) is 0 Å². The molecule has 0 aromatic carbocycles. The van der Waals surface area contributed by atoms with Crippen molar-refractivity contribution in [2.24, 2.45) is 0 Å². The van der Waals surface area contributed by atoms with Gasteiger partial charge in [0.05, 0.1) is 5.37 Å². The Balaban J connectivity index is 0. The monoisotopic (exact) mass is 215 g/mol. The SMILES string of the molecule is C/C=C1/NC(C)S/C1=C/C.CC.CC. The number of nitrogens with one attached hydrogen (secondary N) is 1. The highest BCUT2D eigenvalue weighted by Gasteiger charge is 2.17. The second kappa shape index (κ2) is 10.7. The van der Waals surface area contributed by atoms with Crippen molar-refractivity contribution >= 4 is 11.8 Å². The van der Waals surface area contributed by atoms with Gasteiger partial charge in [-0.25, -0.2) is 0 Å². The van der Waals surface area contributed by atoms with Crippen LogP contribution in [0.25, 0.3) is 0 Å². The van der Waals surface area contributed by atoms with Crippen LogP contribution in [-0.2, 0) is 0 Å². The molecule has 14 heavy (non-hydrogen) atoms. The van der Waals surface area contributed by atoms with Gasteiger partial charge in [0.15, 0.2) is 0 Å². The highest BCUT2D eigenvalue weighted by Crippen LogP contribution is 2.32. The number of thioether (sulfide) groups is 1. The van der Waals surface area contributed by atoms with Crippen LogP contribution in [-0.4, -0.2) is 5.37 Å². The van der Waals surface area contributed by atoms with E-state index in [0.717, 1.165) is 0 Å². The highest BCUT2D eigenvalue weighted by atomic mass is 32.2. The molecule has 0 bridgehead atoms. The van der Waals surface area contributed by atoms with E-state index in [-0.39, 0.29) is 0 Å². The molecule has 1 saturated heterocycles. The number of rotatable bonds is 0. The van der Waals surface area contributed by atoms with Crippen LogP contribution in [0.5, 0.6) is 0 Å². The maximum Gasteiger partial charge on any atom is 0.0741 e. The van der Waals surface area contributed by atoms with Gasteiger partial charge >= 0.3 is 0 Å². The van der Waals surface area contributed by atoms with Crippen molar-refractivity contribution in [2.45, 2.75) is 53.8 Å². The van der Waals surface area contributed by atoms with E-state index in [1.54, 1.807) is 0 Å². The quantitative estimate of drug-likeness (QED) is 0.637. The number of hydrogen-bond donors (Lipinski definition) is 1. The van der Waals surface area contributed by atoms with E-state index in [2.05, 4.69) is 38.2 Å². The molecule has 0 aromatic heterocycles. The molecule has 0 radical (unpaired) electrons. The molecule has 84 valence electrons. The van der Waals surface area contributed by atoms with Crippen LogP contribution in [0.2, 0.25) is 0 Å². The molecule has 1 unspecified atom stereocenters. The molecule has 1 aliphatic heterocycles. The zero-order chi connectivity index (χ0) is 11.6. The summed E-state index contributed by atoms with van der Waals surface area (Å²) < 4.78 is 0. The maximum atomic E-state index is 3.36. The first-order valence-corrected chi connectivity index (χ1v) is 6.42. The molecule has 1 heterocycles. The second-order valence-corrected chi connectivity index (χ2v) is 3.64. The van der Waals surface area contributed by atoms with Crippen LogP contribution in [0.15, 0.2) is 22.8 Å². The predicted molar refractivity (Wildman–Crippen MR) is 70.4 cm³/mol. The average Bonchev–Trinajstić information content (AvgIpc) is 2.64. The topological polar surface area (TPSA) is 12.0 Å². The standard InChI is InChI=1S/C8H13NS.2C2H6/c1-4-7-8(5-2)10-6(3)9-7;2*1-2/h4-6,9H,1-3H3;2*1-2H3/b7-4+,8-5+;;. The lowest BCUT2D eigenvalue weighted by atomic mass is 10.3. The van der Waals surface area contributed by atoms with E-state index in [4.69, 9.17) is 0 Å². The average molecular weight is 215 g/mol. The van der Waals surface area contributed by atoms with Gasteiger partial charge in [-0.15, -0.1) is 0 Å². The van der Waals surface area contributed by atoms with Gasteiger partial charge in [0, 0.05) is 10.6 Å². The van der Waals surface area contributed by atoms with Crippen LogP contribution >= 0.6 is 11.8 Å². The van der Waals surface area contributed by atoms with E-state index in [0.29, 0.717) is 5.37 Å². The van der Waals surface area contributed by atoms with Crippen molar-refractivity contribution in [3.63, 3.8) is 0 Å². The molecule has 2 heteroatoms. The zero-order valence-corrected chi connectivity index (χ0v) is 11.5. The lowest BCUT2D eigenvalue weighted by Gasteiger charge is -1.98. The molecule has 1 rings (SSSR count). The Kier molecular flexibility index (Phi) is 12.3. The molecule has 1 nitrogen and oxygen atoms in total. The minimum absolute atomic E-state index is 0.539. The van der Waals surface area contributed by atoms with E-state index >= 15 is 0 Å². The fourth-order valence-corrected chi connectivity index (χ4v) is 2.03. The Morgan fingerprint density at radius 2 is 1.57 bits per heavy atom. The fraction of sp³-hybridized carbons (Fsp3) is 0.667. The Bertz CT molecular complexity index is 163. The molecule has 1 atom stereocenters. The van der Waals surface area contributed by atoms with Crippen LogP contribution < -0.4 is 5.32 Å². The lowest BCUT2D eigenvalue weighted by molar-refractivity contribution is 0.842. The molecule has 0 spiro atoms. The van der Waals surface area contributed by atoms with Crippen molar-refractivity contribution in [2.75, 3.05) is 0 Å². The molecular weight excluding hydrogens is 190 g/mol. The predicted octanol–water partition coefficient (Wildman–Crippen LogP) is 4.53. The fourth-order valence-electron chi connectivity index (χ4n) is 1.02. The Morgan fingerprint density at radius 3 is 1.86 bits per heavy atom. The zero-order valence-electron chi connectivity index (χ0n) is 10.6. The second-order valence-electron chi connectivity index (χ2n) is 2.26. The summed E-state index contributed by atoms with van der Waals surface area (Å²) >= 11 is 1.88. The van der Waals surface area contributed by atoms with Gasteiger partial charge < -0.3 is 5.32 Å². The van der Waals surface area contributed by atoms with Crippen molar-refractivity contribution in [3.8, 4) is 0 Å². The van der Waals surface area contributed by atoms with Crippen LogP contribution in [0.3, 0.4) is 0 Å². The van der Waals surface area contributed by atoms with Gasteiger partial charge in [-0.05, 0) is 20.8 Å². The van der Waals surface area contributed by atoms with Gasteiger partial charge in [-0.2, -0.15) is 0 Å². The van der Waals surface area contributed by atoms with Crippen molar-refractivity contribution in [3.05, 3.63) is 22.8 Å². The first kappa shape index (κ1) is 16.1. The molecule has 0 aliphatic carbocycles. The van der Waals surface area contributed by atoms with Gasteiger partial charge in [0.1, 0.15) is 0 Å². The van der Waals surface area contributed by atoms with E-state index < -0.39 is 0 Å². The normalized spacial score (nSPS) is 24.6. The summed E-state index contributed by atoms with van der Waals surface area (Å²) in [5, 5.41) is 3.90.